The van der Waals surface area contributed by atoms with Crippen molar-refractivity contribution in [2.45, 2.75) is 6.42 Å². The van der Waals surface area contributed by atoms with Gasteiger partial charge < -0.3 is 20.1 Å². The fraction of sp³-hybridized carbons (Fsp3) is 0.235. The Hall–Kier alpha value is -2.85. The summed E-state index contributed by atoms with van der Waals surface area (Å²) in [5, 5.41) is 15.5. The van der Waals surface area contributed by atoms with Gasteiger partial charge in [0.2, 0.25) is 0 Å². The van der Waals surface area contributed by atoms with E-state index in [0.29, 0.717) is 23.0 Å². The standard InChI is InChI=1S/C17H18N4O2S/c1-22-14-6-5-12(15(10-14)23-2)7-9-20-17(24)21-16-13(11-18)4-3-8-19-16/h3-6,8,10H,7,9H2,1-2H3,(H2,19,20,21,24). The smallest absolute Gasteiger partial charge is 0.171 e. The van der Waals surface area contributed by atoms with Gasteiger partial charge in [-0.1, -0.05) is 6.07 Å². The van der Waals surface area contributed by atoms with Crippen LogP contribution in [0.4, 0.5) is 5.82 Å². The van der Waals surface area contributed by atoms with Gasteiger partial charge in [-0.05, 0) is 42.4 Å². The van der Waals surface area contributed by atoms with Crippen molar-refractivity contribution in [2.24, 2.45) is 0 Å². The van der Waals surface area contributed by atoms with Crippen LogP contribution in [0.5, 0.6) is 11.5 Å². The van der Waals surface area contributed by atoms with Gasteiger partial charge in [0.25, 0.3) is 0 Å². The summed E-state index contributed by atoms with van der Waals surface area (Å²) in [7, 11) is 3.25. The molecule has 0 aliphatic heterocycles. The minimum Gasteiger partial charge on any atom is -0.497 e. The zero-order valence-electron chi connectivity index (χ0n) is 13.5. The van der Waals surface area contributed by atoms with Crippen LogP contribution in [-0.4, -0.2) is 30.9 Å². The molecule has 0 saturated carbocycles. The molecule has 2 rings (SSSR count). The molecule has 0 aliphatic carbocycles. The Balaban J connectivity index is 1.90. The van der Waals surface area contributed by atoms with Crippen LogP contribution in [0.15, 0.2) is 36.5 Å². The van der Waals surface area contributed by atoms with E-state index < -0.39 is 0 Å². The maximum absolute atomic E-state index is 9.04. The fourth-order valence-corrected chi connectivity index (χ4v) is 2.31. The number of pyridine rings is 1. The lowest BCUT2D eigenvalue weighted by atomic mass is 10.1. The van der Waals surface area contributed by atoms with Gasteiger partial charge in [-0.25, -0.2) is 4.98 Å². The van der Waals surface area contributed by atoms with E-state index in [0.717, 1.165) is 23.5 Å². The average Bonchev–Trinajstić information content (AvgIpc) is 2.62. The van der Waals surface area contributed by atoms with Gasteiger partial charge in [0.1, 0.15) is 23.4 Å². The molecule has 0 saturated heterocycles. The Kier molecular flexibility index (Phi) is 6.34. The van der Waals surface area contributed by atoms with Gasteiger partial charge in [0, 0.05) is 18.8 Å². The molecule has 7 heteroatoms. The second-order valence-electron chi connectivity index (χ2n) is 4.82. The van der Waals surface area contributed by atoms with Crippen molar-refractivity contribution in [1.29, 1.82) is 5.26 Å². The molecular formula is C17H18N4O2S. The first-order chi connectivity index (χ1) is 11.7. The monoisotopic (exact) mass is 342 g/mol. The summed E-state index contributed by atoms with van der Waals surface area (Å²) >= 11 is 5.24. The molecule has 2 N–H and O–H groups in total. The summed E-state index contributed by atoms with van der Waals surface area (Å²) in [4.78, 5) is 4.11. The fourth-order valence-electron chi connectivity index (χ4n) is 2.12. The second-order valence-corrected chi connectivity index (χ2v) is 5.23. The highest BCUT2D eigenvalue weighted by Crippen LogP contribution is 2.24. The number of methoxy groups -OCH3 is 2. The quantitative estimate of drug-likeness (QED) is 0.781. The molecule has 1 heterocycles. The van der Waals surface area contributed by atoms with Crippen LogP contribution in [-0.2, 0) is 6.42 Å². The van der Waals surface area contributed by atoms with Gasteiger partial charge in [0.15, 0.2) is 5.11 Å². The highest BCUT2D eigenvalue weighted by molar-refractivity contribution is 7.80. The van der Waals surface area contributed by atoms with E-state index in [4.69, 9.17) is 27.0 Å². The Bertz CT molecular complexity index is 758. The first kappa shape index (κ1) is 17.5. The number of rotatable bonds is 6. The Morgan fingerprint density at radius 1 is 1.29 bits per heavy atom. The molecule has 124 valence electrons. The number of aromatic nitrogens is 1. The molecule has 24 heavy (non-hydrogen) atoms. The predicted octanol–water partition coefficient (Wildman–Crippen LogP) is 2.50. The van der Waals surface area contributed by atoms with E-state index >= 15 is 0 Å². The Morgan fingerprint density at radius 3 is 2.83 bits per heavy atom. The van der Waals surface area contributed by atoms with Crippen LogP contribution >= 0.6 is 12.2 Å². The van der Waals surface area contributed by atoms with Gasteiger partial charge in [-0.15, -0.1) is 0 Å². The number of nitrogens with zero attached hydrogens (tertiary/aromatic N) is 2. The van der Waals surface area contributed by atoms with E-state index in [2.05, 4.69) is 21.7 Å². The van der Waals surface area contributed by atoms with Gasteiger partial charge in [-0.3, -0.25) is 0 Å². The molecule has 2 aromatic rings. The third-order valence-electron chi connectivity index (χ3n) is 3.33. The zero-order valence-corrected chi connectivity index (χ0v) is 14.3. The van der Waals surface area contributed by atoms with E-state index in [9.17, 15) is 0 Å². The second kappa shape index (κ2) is 8.70. The van der Waals surface area contributed by atoms with Gasteiger partial charge in [-0.2, -0.15) is 5.26 Å². The third kappa shape index (κ3) is 4.57. The molecule has 0 fully saturated rings. The molecule has 0 aliphatic rings. The number of ether oxygens (including phenoxy) is 2. The summed E-state index contributed by atoms with van der Waals surface area (Å²) in [6, 6.07) is 11.2. The molecule has 6 nitrogen and oxygen atoms in total. The van der Waals surface area contributed by atoms with Crippen LogP contribution in [0.1, 0.15) is 11.1 Å². The van der Waals surface area contributed by atoms with Gasteiger partial charge >= 0.3 is 0 Å². The minimum atomic E-state index is 0.415. The predicted molar refractivity (Wildman–Crippen MR) is 96.4 cm³/mol. The van der Waals surface area contributed by atoms with Crippen LogP contribution in [0.2, 0.25) is 0 Å². The number of benzene rings is 1. The minimum absolute atomic E-state index is 0.415. The molecule has 0 unspecified atom stereocenters. The summed E-state index contributed by atoms with van der Waals surface area (Å²) in [5.41, 5.74) is 1.49. The average molecular weight is 342 g/mol. The van der Waals surface area contributed by atoms with Gasteiger partial charge in [0.05, 0.1) is 19.8 Å². The zero-order chi connectivity index (χ0) is 17.4. The van der Waals surface area contributed by atoms with Crippen molar-refractivity contribution in [3.63, 3.8) is 0 Å². The first-order valence-corrected chi connectivity index (χ1v) is 7.69. The number of anilines is 1. The van der Waals surface area contributed by atoms with E-state index in [-0.39, 0.29) is 0 Å². The summed E-state index contributed by atoms with van der Waals surface area (Å²) in [6.45, 7) is 0.614. The lowest BCUT2D eigenvalue weighted by molar-refractivity contribution is 0.391. The first-order valence-electron chi connectivity index (χ1n) is 7.28. The SMILES string of the molecule is COc1ccc(CCNC(=S)Nc2ncccc2C#N)c(OC)c1. The topological polar surface area (TPSA) is 79.2 Å². The van der Waals surface area contributed by atoms with Crippen molar-refractivity contribution in [3.05, 3.63) is 47.7 Å². The summed E-state index contributed by atoms with van der Waals surface area (Å²) < 4.78 is 10.6. The molecule has 0 amide bonds. The Morgan fingerprint density at radius 2 is 2.12 bits per heavy atom. The van der Waals surface area contributed by atoms with E-state index in [1.807, 2.05) is 18.2 Å². The van der Waals surface area contributed by atoms with E-state index in [1.165, 1.54) is 0 Å². The number of hydrogen-bond donors (Lipinski definition) is 2. The summed E-state index contributed by atoms with van der Waals surface area (Å²) in [5.74, 6) is 1.96. The summed E-state index contributed by atoms with van der Waals surface area (Å²) in [6.07, 6.45) is 2.33. The number of nitrogens with one attached hydrogen (secondary N) is 2. The molecule has 1 aromatic carbocycles. The largest absolute Gasteiger partial charge is 0.497 e. The Labute approximate surface area is 146 Å². The lowest BCUT2D eigenvalue weighted by Crippen LogP contribution is -2.30. The van der Waals surface area contributed by atoms with Crippen molar-refractivity contribution in [1.82, 2.24) is 10.3 Å². The van der Waals surface area contributed by atoms with Crippen molar-refractivity contribution in [2.75, 3.05) is 26.1 Å². The molecule has 1 aromatic heterocycles. The van der Waals surface area contributed by atoms with Crippen molar-refractivity contribution in [3.8, 4) is 17.6 Å². The highest BCUT2D eigenvalue weighted by atomic mass is 32.1. The third-order valence-corrected chi connectivity index (χ3v) is 3.58. The normalized spacial score (nSPS) is 9.71. The van der Waals surface area contributed by atoms with Crippen LogP contribution in [0, 0.1) is 11.3 Å². The van der Waals surface area contributed by atoms with Crippen LogP contribution in [0.3, 0.4) is 0 Å². The van der Waals surface area contributed by atoms with Crippen LogP contribution in [0.25, 0.3) is 0 Å². The maximum atomic E-state index is 9.04. The highest BCUT2D eigenvalue weighted by Gasteiger charge is 2.07. The van der Waals surface area contributed by atoms with E-state index in [1.54, 1.807) is 32.5 Å². The molecule has 0 spiro atoms. The molecular weight excluding hydrogens is 324 g/mol. The van der Waals surface area contributed by atoms with Crippen molar-refractivity contribution < 1.29 is 9.47 Å². The molecule has 0 bridgehead atoms. The molecule has 0 atom stereocenters. The number of nitriles is 1. The lowest BCUT2D eigenvalue weighted by Gasteiger charge is -2.13. The molecule has 0 radical (unpaired) electrons. The van der Waals surface area contributed by atoms with Crippen molar-refractivity contribution >= 4 is 23.1 Å². The number of hydrogen-bond acceptors (Lipinski definition) is 5. The maximum Gasteiger partial charge on any atom is 0.171 e. The van der Waals surface area contributed by atoms with Crippen LogP contribution < -0.4 is 20.1 Å². The number of thiocarbonyl (C=S) groups is 1.